The highest BCUT2D eigenvalue weighted by molar-refractivity contribution is 6.31. The Hall–Kier alpha value is -1.26. The number of methoxy groups -OCH3 is 1. The van der Waals surface area contributed by atoms with Gasteiger partial charge in [-0.25, -0.2) is 0 Å². The zero-order valence-electron chi connectivity index (χ0n) is 10.0. The first-order chi connectivity index (χ1) is 8.15. The highest BCUT2D eigenvalue weighted by Crippen LogP contribution is 2.25. The topological polar surface area (TPSA) is 50.4 Å². The van der Waals surface area contributed by atoms with Crippen LogP contribution in [0, 0.1) is 0 Å². The van der Waals surface area contributed by atoms with Crippen LogP contribution in [-0.4, -0.2) is 26.1 Å². The molecule has 0 bridgehead atoms. The maximum Gasteiger partial charge on any atom is 0.216 e. The van der Waals surface area contributed by atoms with Gasteiger partial charge in [-0.3, -0.25) is 4.79 Å². The SMILES string of the molecule is COc1cccc(Cl)c1CNCCNC(C)=O. The number of carbonyl (C=O) groups excluding carboxylic acids is 1. The Morgan fingerprint density at radius 1 is 1.41 bits per heavy atom. The summed E-state index contributed by atoms with van der Waals surface area (Å²) in [5.41, 5.74) is 0.930. The fraction of sp³-hybridized carbons (Fsp3) is 0.417. The minimum atomic E-state index is -0.0258. The molecule has 17 heavy (non-hydrogen) atoms. The van der Waals surface area contributed by atoms with E-state index in [1.165, 1.54) is 6.92 Å². The summed E-state index contributed by atoms with van der Waals surface area (Å²) in [5, 5.41) is 6.58. The van der Waals surface area contributed by atoms with Gasteiger partial charge in [0.1, 0.15) is 5.75 Å². The van der Waals surface area contributed by atoms with Gasteiger partial charge in [-0.2, -0.15) is 0 Å². The summed E-state index contributed by atoms with van der Waals surface area (Å²) in [6.45, 7) is 3.40. The quantitative estimate of drug-likeness (QED) is 0.760. The number of nitrogens with one attached hydrogen (secondary N) is 2. The van der Waals surface area contributed by atoms with Gasteiger partial charge in [0.2, 0.25) is 5.91 Å². The molecule has 0 aromatic heterocycles. The van der Waals surface area contributed by atoms with E-state index in [-0.39, 0.29) is 5.91 Å². The van der Waals surface area contributed by atoms with E-state index in [1.807, 2.05) is 18.2 Å². The summed E-state index contributed by atoms with van der Waals surface area (Å²) in [6.07, 6.45) is 0. The molecule has 1 aromatic rings. The number of benzene rings is 1. The lowest BCUT2D eigenvalue weighted by atomic mass is 10.2. The number of amides is 1. The monoisotopic (exact) mass is 256 g/mol. The number of hydrogen-bond acceptors (Lipinski definition) is 3. The van der Waals surface area contributed by atoms with E-state index in [0.29, 0.717) is 24.7 Å². The van der Waals surface area contributed by atoms with Gasteiger partial charge in [0.15, 0.2) is 0 Å². The van der Waals surface area contributed by atoms with Gasteiger partial charge in [0, 0.05) is 37.1 Å². The molecule has 0 spiro atoms. The van der Waals surface area contributed by atoms with Crippen LogP contribution in [0.3, 0.4) is 0 Å². The molecule has 0 radical (unpaired) electrons. The molecule has 0 aliphatic heterocycles. The van der Waals surface area contributed by atoms with Crippen LogP contribution in [0.2, 0.25) is 5.02 Å². The number of halogens is 1. The fourth-order valence-electron chi connectivity index (χ4n) is 1.44. The third-order valence-electron chi connectivity index (χ3n) is 2.27. The van der Waals surface area contributed by atoms with E-state index in [4.69, 9.17) is 16.3 Å². The Kier molecular flexibility index (Phi) is 5.80. The maximum atomic E-state index is 10.7. The van der Waals surface area contributed by atoms with E-state index in [2.05, 4.69) is 10.6 Å². The summed E-state index contributed by atoms with van der Waals surface area (Å²) >= 11 is 6.08. The highest BCUT2D eigenvalue weighted by atomic mass is 35.5. The molecule has 1 amide bonds. The number of rotatable bonds is 6. The second-order valence-electron chi connectivity index (χ2n) is 3.58. The van der Waals surface area contributed by atoms with Crippen molar-refractivity contribution in [3.05, 3.63) is 28.8 Å². The molecule has 0 atom stereocenters. The first kappa shape index (κ1) is 13.8. The number of hydrogen-bond donors (Lipinski definition) is 2. The predicted molar refractivity (Wildman–Crippen MR) is 68.4 cm³/mol. The summed E-state index contributed by atoms with van der Waals surface area (Å²) in [5.74, 6) is 0.742. The lowest BCUT2D eigenvalue weighted by Gasteiger charge is -2.11. The zero-order valence-corrected chi connectivity index (χ0v) is 10.8. The first-order valence-electron chi connectivity index (χ1n) is 5.41. The van der Waals surface area contributed by atoms with Crippen LogP contribution in [0.1, 0.15) is 12.5 Å². The van der Waals surface area contributed by atoms with Gasteiger partial charge in [-0.05, 0) is 12.1 Å². The second kappa shape index (κ2) is 7.14. The van der Waals surface area contributed by atoms with Gasteiger partial charge in [0.25, 0.3) is 0 Å². The average Bonchev–Trinajstić information content (AvgIpc) is 2.30. The van der Waals surface area contributed by atoms with Crippen LogP contribution in [0.15, 0.2) is 18.2 Å². The third-order valence-corrected chi connectivity index (χ3v) is 2.63. The van der Waals surface area contributed by atoms with Gasteiger partial charge >= 0.3 is 0 Å². The largest absolute Gasteiger partial charge is 0.496 e. The van der Waals surface area contributed by atoms with E-state index < -0.39 is 0 Å². The van der Waals surface area contributed by atoms with E-state index in [1.54, 1.807) is 7.11 Å². The number of ether oxygens (including phenoxy) is 1. The zero-order chi connectivity index (χ0) is 12.7. The minimum Gasteiger partial charge on any atom is -0.496 e. The molecule has 0 fully saturated rings. The Bertz CT molecular complexity index is 383. The van der Waals surface area contributed by atoms with Crippen LogP contribution >= 0.6 is 11.6 Å². The van der Waals surface area contributed by atoms with E-state index >= 15 is 0 Å². The van der Waals surface area contributed by atoms with Crippen LogP contribution in [0.5, 0.6) is 5.75 Å². The molecule has 0 aliphatic carbocycles. The van der Waals surface area contributed by atoms with Gasteiger partial charge in [-0.15, -0.1) is 0 Å². The Morgan fingerprint density at radius 2 is 2.18 bits per heavy atom. The van der Waals surface area contributed by atoms with Crippen LogP contribution in [-0.2, 0) is 11.3 Å². The molecule has 5 heteroatoms. The molecule has 2 N–H and O–H groups in total. The third kappa shape index (κ3) is 4.63. The summed E-state index contributed by atoms with van der Waals surface area (Å²) in [6, 6.07) is 5.55. The lowest BCUT2D eigenvalue weighted by molar-refractivity contribution is -0.118. The normalized spacial score (nSPS) is 10.1. The molecule has 1 rings (SSSR count). The van der Waals surface area contributed by atoms with Crippen molar-refractivity contribution in [2.24, 2.45) is 0 Å². The standard InChI is InChI=1S/C12H17ClN2O2/c1-9(16)15-7-6-14-8-10-11(13)4-3-5-12(10)17-2/h3-5,14H,6-8H2,1-2H3,(H,15,16). The van der Waals surface area contributed by atoms with Gasteiger partial charge in [-0.1, -0.05) is 17.7 Å². The summed E-state index contributed by atoms with van der Waals surface area (Å²) in [7, 11) is 1.62. The van der Waals surface area contributed by atoms with Crippen LogP contribution in [0.4, 0.5) is 0 Å². The molecule has 0 saturated heterocycles. The summed E-state index contributed by atoms with van der Waals surface area (Å²) < 4.78 is 5.23. The van der Waals surface area contributed by atoms with Crippen molar-refractivity contribution in [1.82, 2.24) is 10.6 Å². The molecule has 4 nitrogen and oxygen atoms in total. The first-order valence-corrected chi connectivity index (χ1v) is 5.79. The minimum absolute atomic E-state index is 0.0258. The number of carbonyl (C=O) groups is 1. The maximum absolute atomic E-state index is 10.7. The molecule has 0 unspecified atom stereocenters. The van der Waals surface area contributed by atoms with Crippen LogP contribution < -0.4 is 15.4 Å². The molecule has 0 heterocycles. The second-order valence-corrected chi connectivity index (χ2v) is 3.99. The summed E-state index contributed by atoms with van der Waals surface area (Å²) in [4.78, 5) is 10.7. The van der Waals surface area contributed by atoms with Crippen molar-refractivity contribution in [3.8, 4) is 5.75 Å². The van der Waals surface area contributed by atoms with Crippen molar-refractivity contribution in [1.29, 1.82) is 0 Å². The van der Waals surface area contributed by atoms with Gasteiger partial charge < -0.3 is 15.4 Å². The van der Waals surface area contributed by atoms with E-state index in [9.17, 15) is 4.79 Å². The molecule has 94 valence electrons. The van der Waals surface area contributed by atoms with Gasteiger partial charge in [0.05, 0.1) is 7.11 Å². The average molecular weight is 257 g/mol. The molecule has 0 saturated carbocycles. The van der Waals surface area contributed by atoms with Crippen molar-refractivity contribution < 1.29 is 9.53 Å². The van der Waals surface area contributed by atoms with Crippen molar-refractivity contribution in [2.75, 3.05) is 20.2 Å². The smallest absolute Gasteiger partial charge is 0.216 e. The fourth-order valence-corrected chi connectivity index (χ4v) is 1.67. The Balaban J connectivity index is 2.43. The molecule has 0 aliphatic rings. The lowest BCUT2D eigenvalue weighted by Crippen LogP contribution is -2.30. The molecule has 1 aromatic carbocycles. The molecular formula is C12H17ClN2O2. The Morgan fingerprint density at radius 3 is 2.82 bits per heavy atom. The predicted octanol–water partition coefficient (Wildman–Crippen LogP) is 1.57. The highest BCUT2D eigenvalue weighted by Gasteiger charge is 2.06. The molecular weight excluding hydrogens is 240 g/mol. The van der Waals surface area contributed by atoms with Crippen molar-refractivity contribution in [2.45, 2.75) is 13.5 Å². The van der Waals surface area contributed by atoms with E-state index in [0.717, 1.165) is 11.3 Å². The van der Waals surface area contributed by atoms with Crippen molar-refractivity contribution in [3.63, 3.8) is 0 Å². The van der Waals surface area contributed by atoms with Crippen molar-refractivity contribution >= 4 is 17.5 Å². The van der Waals surface area contributed by atoms with Crippen LogP contribution in [0.25, 0.3) is 0 Å². The Labute approximate surface area is 106 Å².